The summed E-state index contributed by atoms with van der Waals surface area (Å²) in [4.78, 5) is 29.2. The third-order valence-electron chi connectivity index (χ3n) is 7.44. The number of anilines is 1. The molecule has 0 aliphatic heterocycles. The minimum atomic E-state index is -4.09. The van der Waals surface area contributed by atoms with Crippen LogP contribution in [0.4, 0.5) is 5.69 Å². The van der Waals surface area contributed by atoms with Crippen LogP contribution in [-0.2, 0) is 26.2 Å². The van der Waals surface area contributed by atoms with Crippen molar-refractivity contribution >= 4 is 27.5 Å². The van der Waals surface area contributed by atoms with Gasteiger partial charge in [-0.15, -0.1) is 0 Å². The Morgan fingerprint density at radius 3 is 2.08 bits per heavy atom. The summed E-state index contributed by atoms with van der Waals surface area (Å²) in [6.07, 6.45) is 1.14. The fraction of sp³-hybridized carbons (Fsp3) is 0.375. The van der Waals surface area contributed by atoms with Crippen LogP contribution in [0.15, 0.2) is 77.7 Å². The number of amides is 2. The molecule has 8 heteroatoms. The lowest BCUT2D eigenvalue weighted by Crippen LogP contribution is -2.53. The second-order valence-electron chi connectivity index (χ2n) is 10.2. The Labute approximate surface area is 239 Å². The summed E-state index contributed by atoms with van der Waals surface area (Å²) in [7, 11) is -4.09. The highest BCUT2D eigenvalue weighted by Gasteiger charge is 2.34. The van der Waals surface area contributed by atoms with Crippen molar-refractivity contribution in [1.82, 2.24) is 10.2 Å². The van der Waals surface area contributed by atoms with Crippen LogP contribution in [0.5, 0.6) is 0 Å². The zero-order chi connectivity index (χ0) is 29.4. The van der Waals surface area contributed by atoms with Gasteiger partial charge in [0, 0.05) is 12.6 Å². The topological polar surface area (TPSA) is 86.8 Å². The maximum Gasteiger partial charge on any atom is 0.264 e. The maximum absolute atomic E-state index is 14.2. The molecule has 0 spiro atoms. The van der Waals surface area contributed by atoms with Gasteiger partial charge in [0.25, 0.3) is 10.0 Å². The van der Waals surface area contributed by atoms with Crippen molar-refractivity contribution < 1.29 is 18.0 Å². The molecule has 3 rings (SSSR count). The van der Waals surface area contributed by atoms with E-state index in [1.807, 2.05) is 71.9 Å². The molecule has 0 saturated carbocycles. The molecular formula is C32H41N3O4S. The van der Waals surface area contributed by atoms with Crippen molar-refractivity contribution in [1.29, 1.82) is 0 Å². The average molecular weight is 564 g/mol. The number of carbonyl (C=O) groups is 2. The lowest BCUT2D eigenvalue weighted by Gasteiger charge is -2.34. The van der Waals surface area contributed by atoms with E-state index in [1.165, 1.54) is 21.3 Å². The van der Waals surface area contributed by atoms with E-state index in [0.29, 0.717) is 12.1 Å². The van der Waals surface area contributed by atoms with Crippen LogP contribution in [-0.4, -0.2) is 43.8 Å². The fourth-order valence-corrected chi connectivity index (χ4v) is 6.06. The largest absolute Gasteiger partial charge is 0.352 e. The summed E-state index contributed by atoms with van der Waals surface area (Å²) in [5.41, 5.74) is 4.00. The smallest absolute Gasteiger partial charge is 0.264 e. The monoisotopic (exact) mass is 563 g/mol. The SMILES string of the molecule is CC[C@H](C(=O)N[C@@H](C)CC)N(Cc1ccccc1C)C(=O)CN(c1cccc(C)c1C)S(=O)(=O)c1ccccc1. The Hall–Kier alpha value is -3.65. The lowest BCUT2D eigenvalue weighted by atomic mass is 10.1. The van der Waals surface area contributed by atoms with E-state index in [1.54, 1.807) is 30.3 Å². The Morgan fingerprint density at radius 1 is 0.825 bits per heavy atom. The third-order valence-corrected chi connectivity index (χ3v) is 9.22. The highest BCUT2D eigenvalue weighted by atomic mass is 32.2. The van der Waals surface area contributed by atoms with Gasteiger partial charge in [0.05, 0.1) is 10.6 Å². The molecule has 3 aromatic carbocycles. The van der Waals surface area contributed by atoms with Crippen LogP contribution < -0.4 is 9.62 Å². The molecule has 40 heavy (non-hydrogen) atoms. The number of sulfonamides is 1. The first-order chi connectivity index (χ1) is 19.0. The summed E-state index contributed by atoms with van der Waals surface area (Å²) in [5.74, 6) is -0.696. The Morgan fingerprint density at radius 2 is 1.45 bits per heavy atom. The van der Waals surface area contributed by atoms with Crippen molar-refractivity contribution in [3.8, 4) is 0 Å². The molecule has 2 atom stereocenters. The normalized spacial score (nSPS) is 12.8. The molecule has 0 fully saturated rings. The van der Waals surface area contributed by atoms with E-state index < -0.39 is 28.5 Å². The van der Waals surface area contributed by atoms with Gasteiger partial charge in [-0.1, -0.05) is 68.4 Å². The molecule has 0 aliphatic rings. The van der Waals surface area contributed by atoms with E-state index in [4.69, 9.17) is 0 Å². The van der Waals surface area contributed by atoms with Crippen molar-refractivity contribution in [3.05, 3.63) is 95.1 Å². The number of hydrogen-bond donors (Lipinski definition) is 1. The third kappa shape index (κ3) is 7.10. The van der Waals surface area contributed by atoms with E-state index in [0.717, 1.165) is 28.7 Å². The van der Waals surface area contributed by atoms with Crippen LogP contribution in [0.1, 0.15) is 55.9 Å². The molecule has 3 aromatic rings. The first kappa shape index (κ1) is 30.9. The number of benzene rings is 3. The van der Waals surface area contributed by atoms with E-state index >= 15 is 0 Å². The minimum absolute atomic E-state index is 0.0538. The molecule has 2 amide bonds. The van der Waals surface area contributed by atoms with Crippen LogP contribution in [0, 0.1) is 20.8 Å². The Bertz CT molecular complexity index is 1420. The highest BCUT2D eigenvalue weighted by molar-refractivity contribution is 7.92. The predicted octanol–water partition coefficient (Wildman–Crippen LogP) is 5.53. The first-order valence-electron chi connectivity index (χ1n) is 13.8. The zero-order valence-electron chi connectivity index (χ0n) is 24.3. The fourth-order valence-electron chi connectivity index (χ4n) is 4.57. The molecule has 0 bridgehead atoms. The number of nitrogens with zero attached hydrogens (tertiary/aromatic N) is 2. The van der Waals surface area contributed by atoms with Gasteiger partial charge in [-0.3, -0.25) is 13.9 Å². The minimum Gasteiger partial charge on any atom is -0.352 e. The van der Waals surface area contributed by atoms with E-state index in [2.05, 4.69) is 5.32 Å². The van der Waals surface area contributed by atoms with Gasteiger partial charge in [-0.2, -0.15) is 0 Å². The van der Waals surface area contributed by atoms with Gasteiger partial charge in [-0.05, 0) is 81.0 Å². The second-order valence-corrected chi connectivity index (χ2v) is 12.1. The van der Waals surface area contributed by atoms with Crippen LogP contribution >= 0.6 is 0 Å². The maximum atomic E-state index is 14.2. The summed E-state index contributed by atoms with van der Waals surface area (Å²) < 4.78 is 29.2. The molecule has 0 aromatic heterocycles. The van der Waals surface area contributed by atoms with Gasteiger partial charge >= 0.3 is 0 Å². The average Bonchev–Trinajstić information content (AvgIpc) is 2.94. The number of aryl methyl sites for hydroxylation is 2. The van der Waals surface area contributed by atoms with Crippen molar-refractivity contribution in [2.24, 2.45) is 0 Å². The van der Waals surface area contributed by atoms with E-state index in [-0.39, 0.29) is 23.4 Å². The second kappa shape index (κ2) is 13.6. The molecule has 0 aliphatic carbocycles. The summed E-state index contributed by atoms with van der Waals surface area (Å²) in [6.45, 7) is 11.2. The van der Waals surface area contributed by atoms with E-state index in [9.17, 15) is 18.0 Å². The van der Waals surface area contributed by atoms with Crippen molar-refractivity contribution in [2.45, 2.75) is 77.9 Å². The summed E-state index contributed by atoms with van der Waals surface area (Å²) >= 11 is 0. The standard InChI is InChI=1S/C32H41N3O4S/c1-7-25(5)33-32(37)29(8-2)34(21-27-17-13-12-15-24(27)4)31(36)22-35(30-20-14-16-23(3)26(30)6)40(38,39)28-18-10-9-11-19-28/h9-20,25,29H,7-8,21-22H2,1-6H3,(H,33,37)/t25-,29+/m0/s1. The highest BCUT2D eigenvalue weighted by Crippen LogP contribution is 2.29. The molecule has 214 valence electrons. The quantitative estimate of drug-likeness (QED) is 0.314. The van der Waals surface area contributed by atoms with Gasteiger partial charge in [0.2, 0.25) is 11.8 Å². The van der Waals surface area contributed by atoms with Gasteiger partial charge in [-0.25, -0.2) is 8.42 Å². The molecule has 7 nitrogen and oxygen atoms in total. The zero-order valence-corrected chi connectivity index (χ0v) is 25.2. The van der Waals surface area contributed by atoms with Crippen molar-refractivity contribution in [2.75, 3.05) is 10.8 Å². The Kier molecular flexibility index (Phi) is 10.5. The van der Waals surface area contributed by atoms with Crippen molar-refractivity contribution in [3.63, 3.8) is 0 Å². The lowest BCUT2D eigenvalue weighted by molar-refractivity contribution is -0.140. The molecule has 1 N–H and O–H groups in total. The van der Waals surface area contributed by atoms with Crippen LogP contribution in [0.2, 0.25) is 0 Å². The number of rotatable bonds is 12. The Balaban J connectivity index is 2.10. The summed E-state index contributed by atoms with van der Waals surface area (Å²) in [6, 6.07) is 20.4. The number of hydrogen-bond acceptors (Lipinski definition) is 4. The summed E-state index contributed by atoms with van der Waals surface area (Å²) in [5, 5.41) is 3.01. The van der Waals surface area contributed by atoms with Gasteiger partial charge in [0.1, 0.15) is 12.6 Å². The first-order valence-corrected chi connectivity index (χ1v) is 15.2. The molecule has 0 unspecified atom stereocenters. The van der Waals surface area contributed by atoms with Crippen LogP contribution in [0.25, 0.3) is 0 Å². The predicted molar refractivity (Wildman–Crippen MR) is 161 cm³/mol. The van der Waals surface area contributed by atoms with Gasteiger partial charge in [0.15, 0.2) is 0 Å². The number of carbonyl (C=O) groups excluding carboxylic acids is 2. The molecule has 0 heterocycles. The number of nitrogens with one attached hydrogen (secondary N) is 1. The molecular weight excluding hydrogens is 522 g/mol. The molecule has 0 saturated heterocycles. The molecule has 0 radical (unpaired) electrons. The van der Waals surface area contributed by atoms with Gasteiger partial charge < -0.3 is 10.2 Å². The van der Waals surface area contributed by atoms with Crippen LogP contribution in [0.3, 0.4) is 0 Å².